The summed E-state index contributed by atoms with van der Waals surface area (Å²) < 4.78 is 12.2. The van der Waals surface area contributed by atoms with Crippen LogP contribution in [0.4, 0.5) is 0 Å². The van der Waals surface area contributed by atoms with E-state index in [2.05, 4.69) is 65.1 Å². The largest absolute Gasteiger partial charge is 0.414 e. The van der Waals surface area contributed by atoms with Crippen LogP contribution in [0.3, 0.4) is 0 Å². The summed E-state index contributed by atoms with van der Waals surface area (Å²) in [7, 11) is -1.60. The standard InChI is InChI=1S/C23H42O2Si/c1-21(25-26(5,6)23(2,3)4)16-12-9-7-8-10-15-19-24-20-22-17-13-11-14-18-22/h11,13-14,17-18,21H,7-10,12,15-16,19-20H2,1-6H3/t21-/m1/s1. The summed E-state index contributed by atoms with van der Waals surface area (Å²) in [5, 5.41) is 0.309. The second-order valence-corrected chi connectivity index (χ2v) is 13.9. The topological polar surface area (TPSA) is 18.5 Å². The first-order valence-corrected chi connectivity index (χ1v) is 13.4. The van der Waals surface area contributed by atoms with E-state index in [-0.39, 0.29) is 0 Å². The minimum absolute atomic E-state index is 0.309. The Hall–Kier alpha value is -0.643. The molecule has 0 aromatic heterocycles. The second-order valence-electron chi connectivity index (χ2n) is 9.14. The Morgan fingerprint density at radius 2 is 1.46 bits per heavy atom. The fourth-order valence-electron chi connectivity index (χ4n) is 2.85. The van der Waals surface area contributed by atoms with Gasteiger partial charge in [0.1, 0.15) is 0 Å². The summed E-state index contributed by atoms with van der Waals surface area (Å²) in [5.41, 5.74) is 1.27. The van der Waals surface area contributed by atoms with Gasteiger partial charge in [0, 0.05) is 12.7 Å². The van der Waals surface area contributed by atoms with Gasteiger partial charge in [-0.2, -0.15) is 0 Å². The van der Waals surface area contributed by atoms with Crippen molar-refractivity contribution in [3.8, 4) is 0 Å². The van der Waals surface area contributed by atoms with Gasteiger partial charge >= 0.3 is 0 Å². The summed E-state index contributed by atoms with van der Waals surface area (Å²) in [6, 6.07) is 10.4. The summed E-state index contributed by atoms with van der Waals surface area (Å²) in [4.78, 5) is 0. The average Bonchev–Trinajstić information content (AvgIpc) is 2.56. The fourth-order valence-corrected chi connectivity index (χ4v) is 4.32. The molecule has 0 spiro atoms. The predicted molar refractivity (Wildman–Crippen MR) is 116 cm³/mol. The highest BCUT2D eigenvalue weighted by atomic mass is 28.4. The van der Waals surface area contributed by atoms with Gasteiger partial charge in [-0.15, -0.1) is 0 Å². The highest BCUT2D eigenvalue weighted by Crippen LogP contribution is 2.37. The van der Waals surface area contributed by atoms with E-state index in [1.807, 2.05) is 6.07 Å². The molecule has 0 bridgehead atoms. The molecule has 0 radical (unpaired) electrons. The van der Waals surface area contributed by atoms with Crippen molar-refractivity contribution < 1.29 is 9.16 Å². The molecule has 0 saturated carbocycles. The summed E-state index contributed by atoms with van der Waals surface area (Å²) in [5.74, 6) is 0. The molecule has 0 aliphatic rings. The Bertz CT molecular complexity index is 465. The van der Waals surface area contributed by atoms with Crippen LogP contribution in [-0.4, -0.2) is 21.0 Å². The van der Waals surface area contributed by atoms with Crippen LogP contribution in [0.5, 0.6) is 0 Å². The van der Waals surface area contributed by atoms with Gasteiger partial charge in [0.05, 0.1) is 6.61 Å². The van der Waals surface area contributed by atoms with Crippen molar-refractivity contribution in [2.75, 3.05) is 6.61 Å². The molecule has 0 aliphatic heterocycles. The van der Waals surface area contributed by atoms with Gasteiger partial charge in [-0.3, -0.25) is 0 Å². The Labute approximate surface area is 163 Å². The molecule has 1 atom stereocenters. The van der Waals surface area contributed by atoms with E-state index < -0.39 is 8.32 Å². The van der Waals surface area contributed by atoms with Gasteiger partial charge in [0.25, 0.3) is 0 Å². The van der Waals surface area contributed by atoms with Crippen LogP contribution in [-0.2, 0) is 15.8 Å². The third-order valence-electron chi connectivity index (χ3n) is 5.56. The quantitative estimate of drug-likeness (QED) is 0.264. The van der Waals surface area contributed by atoms with Gasteiger partial charge in [-0.1, -0.05) is 83.2 Å². The van der Waals surface area contributed by atoms with Crippen molar-refractivity contribution in [1.82, 2.24) is 0 Å². The molecule has 150 valence electrons. The zero-order valence-corrected chi connectivity index (χ0v) is 19.1. The number of unbranched alkanes of at least 4 members (excludes halogenated alkanes) is 5. The first-order valence-electron chi connectivity index (χ1n) is 10.5. The van der Waals surface area contributed by atoms with Crippen LogP contribution in [0.15, 0.2) is 30.3 Å². The first-order chi connectivity index (χ1) is 12.2. The SMILES string of the molecule is C[C@H](CCCCCCCCOCc1ccccc1)O[Si](C)(C)C(C)(C)C. The third-order valence-corrected chi connectivity index (χ3v) is 10.2. The third kappa shape index (κ3) is 9.89. The van der Waals surface area contributed by atoms with E-state index in [1.54, 1.807) is 0 Å². The molecule has 0 amide bonds. The van der Waals surface area contributed by atoms with Crippen LogP contribution in [0.1, 0.15) is 78.2 Å². The van der Waals surface area contributed by atoms with E-state index >= 15 is 0 Å². The predicted octanol–water partition coefficient (Wildman–Crippen LogP) is 7.34. The van der Waals surface area contributed by atoms with E-state index in [0.29, 0.717) is 11.1 Å². The van der Waals surface area contributed by atoms with Crippen molar-refractivity contribution in [1.29, 1.82) is 0 Å². The lowest BCUT2D eigenvalue weighted by molar-refractivity contribution is 0.116. The van der Waals surface area contributed by atoms with Crippen LogP contribution in [0, 0.1) is 0 Å². The molecule has 0 heterocycles. The molecule has 0 N–H and O–H groups in total. The van der Waals surface area contributed by atoms with Crippen LogP contribution in [0.2, 0.25) is 18.1 Å². The van der Waals surface area contributed by atoms with Crippen molar-refractivity contribution in [2.24, 2.45) is 0 Å². The van der Waals surface area contributed by atoms with Gasteiger partial charge < -0.3 is 9.16 Å². The van der Waals surface area contributed by atoms with Gasteiger partial charge in [0.15, 0.2) is 8.32 Å². The molecule has 0 saturated heterocycles. The Morgan fingerprint density at radius 1 is 0.885 bits per heavy atom. The van der Waals surface area contributed by atoms with Gasteiger partial charge in [0.2, 0.25) is 0 Å². The molecule has 3 heteroatoms. The van der Waals surface area contributed by atoms with Crippen LogP contribution in [0.25, 0.3) is 0 Å². The number of benzene rings is 1. The Balaban J connectivity index is 1.94. The van der Waals surface area contributed by atoms with Crippen molar-refractivity contribution in [3.63, 3.8) is 0 Å². The minimum Gasteiger partial charge on any atom is -0.414 e. The fraction of sp³-hybridized carbons (Fsp3) is 0.739. The molecule has 1 aromatic carbocycles. The highest BCUT2D eigenvalue weighted by Gasteiger charge is 2.38. The molecule has 1 rings (SSSR count). The average molecular weight is 379 g/mol. The van der Waals surface area contributed by atoms with Crippen LogP contribution < -0.4 is 0 Å². The number of hydrogen-bond acceptors (Lipinski definition) is 2. The molecule has 0 unspecified atom stereocenters. The molecule has 1 aromatic rings. The molecule has 26 heavy (non-hydrogen) atoms. The zero-order valence-electron chi connectivity index (χ0n) is 18.1. The van der Waals surface area contributed by atoms with Crippen molar-refractivity contribution >= 4 is 8.32 Å². The lowest BCUT2D eigenvalue weighted by Gasteiger charge is -2.38. The Kier molecular flexibility index (Phi) is 10.7. The monoisotopic (exact) mass is 378 g/mol. The maximum absolute atomic E-state index is 6.43. The second kappa shape index (κ2) is 11.9. The van der Waals surface area contributed by atoms with Crippen molar-refractivity contribution in [3.05, 3.63) is 35.9 Å². The van der Waals surface area contributed by atoms with E-state index in [1.165, 1.54) is 50.5 Å². The Morgan fingerprint density at radius 3 is 2.08 bits per heavy atom. The molecular weight excluding hydrogens is 336 g/mol. The van der Waals surface area contributed by atoms with E-state index in [0.717, 1.165) is 13.2 Å². The molecule has 2 nitrogen and oxygen atoms in total. The normalized spacial score (nSPS) is 13.8. The molecule has 0 aliphatic carbocycles. The smallest absolute Gasteiger partial charge is 0.192 e. The number of ether oxygens (including phenoxy) is 1. The van der Waals surface area contributed by atoms with Crippen molar-refractivity contribution in [2.45, 2.75) is 103 Å². The van der Waals surface area contributed by atoms with Gasteiger partial charge in [-0.25, -0.2) is 0 Å². The minimum atomic E-state index is -1.60. The lowest BCUT2D eigenvalue weighted by atomic mass is 10.1. The van der Waals surface area contributed by atoms with E-state index in [4.69, 9.17) is 9.16 Å². The maximum Gasteiger partial charge on any atom is 0.192 e. The molecular formula is C23H42O2Si. The summed E-state index contributed by atoms with van der Waals surface area (Å²) in [6.45, 7) is 15.5. The molecule has 0 fully saturated rings. The van der Waals surface area contributed by atoms with Crippen LogP contribution >= 0.6 is 0 Å². The summed E-state index contributed by atoms with van der Waals surface area (Å²) in [6.07, 6.45) is 9.35. The highest BCUT2D eigenvalue weighted by molar-refractivity contribution is 6.74. The first kappa shape index (κ1) is 23.4. The lowest BCUT2D eigenvalue weighted by Crippen LogP contribution is -2.43. The zero-order chi connectivity index (χ0) is 19.5. The number of rotatable bonds is 13. The number of hydrogen-bond donors (Lipinski definition) is 0. The van der Waals surface area contributed by atoms with Gasteiger partial charge in [-0.05, 0) is 43.5 Å². The summed E-state index contributed by atoms with van der Waals surface area (Å²) >= 11 is 0. The van der Waals surface area contributed by atoms with E-state index in [9.17, 15) is 0 Å². The maximum atomic E-state index is 6.43.